The molecule has 0 bridgehead atoms. The molecule has 0 radical (unpaired) electrons. The van der Waals surface area contributed by atoms with Crippen LogP contribution in [0.2, 0.25) is 0 Å². The Bertz CT molecular complexity index is 1290. The van der Waals surface area contributed by atoms with Crippen molar-refractivity contribution in [1.82, 2.24) is 10.6 Å². The molecule has 1 atom stereocenters. The Morgan fingerprint density at radius 2 is 1.81 bits per heavy atom. The molecular formula is C27H31N3O7. The highest BCUT2D eigenvalue weighted by molar-refractivity contribution is 5.90. The number of anilines is 1. The topological polar surface area (TPSA) is 138 Å². The third-order valence-electron chi connectivity index (χ3n) is 5.72. The molecule has 2 amide bonds. The van der Waals surface area contributed by atoms with Crippen LogP contribution in [-0.2, 0) is 27.4 Å². The van der Waals surface area contributed by atoms with Gasteiger partial charge in [0.2, 0.25) is 5.91 Å². The number of carboxylic acids is 1. The highest BCUT2D eigenvalue weighted by Crippen LogP contribution is 2.23. The molecule has 0 aliphatic rings. The zero-order valence-corrected chi connectivity index (χ0v) is 20.9. The summed E-state index contributed by atoms with van der Waals surface area (Å²) in [5.41, 5.74) is 1.93. The van der Waals surface area contributed by atoms with Gasteiger partial charge in [-0.3, -0.25) is 4.79 Å². The second kappa shape index (κ2) is 13.1. The standard InChI is InChI=1S/C27H31N3O7/c1-30(2)20-11-12-21-19(15-25(32)37-23(21)16-20)14-24(31)29-22(26(33)34)10-6-7-13-28-27(35)36-17-18-8-4-3-5-9-18/h3-5,8-9,11-12,15-16,22H,6-7,10,13-14,17H2,1-2H3,(H,28,35)(H,29,31)(H,33,34)/t22-/m0/s1. The Morgan fingerprint density at radius 3 is 2.51 bits per heavy atom. The minimum atomic E-state index is -1.16. The minimum Gasteiger partial charge on any atom is -0.480 e. The third-order valence-corrected chi connectivity index (χ3v) is 5.72. The van der Waals surface area contributed by atoms with Crippen molar-refractivity contribution in [3.8, 4) is 0 Å². The maximum absolute atomic E-state index is 12.6. The van der Waals surface area contributed by atoms with E-state index >= 15 is 0 Å². The molecule has 0 aliphatic heterocycles. The maximum atomic E-state index is 12.6. The average Bonchev–Trinajstić information content (AvgIpc) is 2.86. The second-order valence-corrected chi connectivity index (χ2v) is 8.78. The van der Waals surface area contributed by atoms with Crippen molar-refractivity contribution in [3.05, 3.63) is 76.1 Å². The van der Waals surface area contributed by atoms with Gasteiger partial charge in [-0.15, -0.1) is 0 Å². The zero-order chi connectivity index (χ0) is 26.8. The molecule has 2 aromatic carbocycles. The Balaban J connectivity index is 1.47. The molecular weight excluding hydrogens is 478 g/mol. The molecule has 10 heteroatoms. The van der Waals surface area contributed by atoms with Crippen molar-refractivity contribution in [2.45, 2.75) is 38.3 Å². The number of nitrogens with one attached hydrogen (secondary N) is 2. The van der Waals surface area contributed by atoms with Crippen LogP contribution in [-0.4, -0.2) is 49.8 Å². The van der Waals surface area contributed by atoms with Crippen LogP contribution in [0.5, 0.6) is 0 Å². The molecule has 0 fully saturated rings. The number of rotatable bonds is 12. The van der Waals surface area contributed by atoms with Gasteiger partial charge in [0.1, 0.15) is 18.2 Å². The number of amides is 2. The molecule has 0 saturated carbocycles. The SMILES string of the molecule is CN(C)c1ccc2c(CC(=O)N[C@@H](CCCCNC(=O)OCc3ccccc3)C(=O)O)cc(=O)oc2c1. The lowest BCUT2D eigenvalue weighted by Gasteiger charge is -2.16. The Morgan fingerprint density at radius 1 is 1.05 bits per heavy atom. The number of alkyl carbamates (subject to hydrolysis) is 1. The predicted octanol–water partition coefficient (Wildman–Crippen LogP) is 3.07. The summed E-state index contributed by atoms with van der Waals surface area (Å²) >= 11 is 0. The summed E-state index contributed by atoms with van der Waals surface area (Å²) in [5.74, 6) is -1.67. The molecule has 1 heterocycles. The number of benzene rings is 2. The number of carboxylic acid groups (broad SMARTS) is 1. The Kier molecular flexibility index (Phi) is 9.65. The van der Waals surface area contributed by atoms with E-state index in [1.807, 2.05) is 55.4 Å². The van der Waals surface area contributed by atoms with Crippen LogP contribution in [0, 0.1) is 0 Å². The smallest absolute Gasteiger partial charge is 0.407 e. The van der Waals surface area contributed by atoms with E-state index in [2.05, 4.69) is 10.6 Å². The van der Waals surface area contributed by atoms with Crippen LogP contribution in [0.4, 0.5) is 10.5 Å². The van der Waals surface area contributed by atoms with E-state index in [1.54, 1.807) is 12.1 Å². The molecule has 0 spiro atoms. The average molecular weight is 510 g/mol. The van der Waals surface area contributed by atoms with E-state index in [-0.39, 0.29) is 19.4 Å². The van der Waals surface area contributed by atoms with E-state index in [9.17, 15) is 24.3 Å². The van der Waals surface area contributed by atoms with Gasteiger partial charge < -0.3 is 29.8 Å². The van der Waals surface area contributed by atoms with Crippen LogP contribution in [0.1, 0.15) is 30.4 Å². The van der Waals surface area contributed by atoms with E-state index in [1.165, 1.54) is 6.07 Å². The number of fused-ring (bicyclic) bond motifs is 1. The van der Waals surface area contributed by atoms with Crippen LogP contribution in [0.15, 0.2) is 63.8 Å². The highest BCUT2D eigenvalue weighted by atomic mass is 16.5. The molecule has 1 aromatic heterocycles. The van der Waals surface area contributed by atoms with Gasteiger partial charge in [-0.2, -0.15) is 0 Å². The summed E-state index contributed by atoms with van der Waals surface area (Å²) in [4.78, 5) is 50.0. The fraction of sp³-hybridized carbons (Fsp3) is 0.333. The second-order valence-electron chi connectivity index (χ2n) is 8.78. The number of unbranched alkanes of at least 4 members (excludes halogenated alkanes) is 1. The maximum Gasteiger partial charge on any atom is 0.407 e. The fourth-order valence-electron chi connectivity index (χ4n) is 3.76. The summed E-state index contributed by atoms with van der Waals surface area (Å²) in [5, 5.41) is 15.3. The van der Waals surface area contributed by atoms with Gasteiger partial charge in [-0.25, -0.2) is 14.4 Å². The molecule has 0 saturated heterocycles. The zero-order valence-electron chi connectivity index (χ0n) is 20.9. The number of hydrogen-bond acceptors (Lipinski definition) is 7. The molecule has 196 valence electrons. The van der Waals surface area contributed by atoms with Crippen molar-refractivity contribution >= 4 is 34.6 Å². The summed E-state index contributed by atoms with van der Waals surface area (Å²) in [6, 6.07) is 14.8. The largest absolute Gasteiger partial charge is 0.480 e. The van der Waals surface area contributed by atoms with Gasteiger partial charge in [0.25, 0.3) is 0 Å². The van der Waals surface area contributed by atoms with Crippen molar-refractivity contribution in [1.29, 1.82) is 0 Å². The molecule has 10 nitrogen and oxygen atoms in total. The van der Waals surface area contributed by atoms with Gasteiger partial charge in [0, 0.05) is 43.8 Å². The predicted molar refractivity (Wildman–Crippen MR) is 139 cm³/mol. The van der Waals surface area contributed by atoms with Gasteiger partial charge in [0.05, 0.1) is 6.42 Å². The van der Waals surface area contributed by atoms with Crippen LogP contribution in [0.25, 0.3) is 11.0 Å². The fourth-order valence-corrected chi connectivity index (χ4v) is 3.76. The van der Waals surface area contributed by atoms with E-state index in [0.29, 0.717) is 35.9 Å². The van der Waals surface area contributed by atoms with Gasteiger partial charge in [0.15, 0.2) is 0 Å². The molecule has 3 rings (SSSR count). The quantitative estimate of drug-likeness (QED) is 0.250. The lowest BCUT2D eigenvalue weighted by molar-refractivity contribution is -0.142. The third kappa shape index (κ3) is 8.38. The highest BCUT2D eigenvalue weighted by Gasteiger charge is 2.20. The van der Waals surface area contributed by atoms with E-state index < -0.39 is 29.6 Å². The van der Waals surface area contributed by atoms with Crippen molar-refractivity contribution in [3.63, 3.8) is 0 Å². The lowest BCUT2D eigenvalue weighted by atomic mass is 10.0. The summed E-state index contributed by atoms with van der Waals surface area (Å²) in [6.07, 6.45) is 0.442. The van der Waals surface area contributed by atoms with Crippen molar-refractivity contribution in [2.75, 3.05) is 25.5 Å². The molecule has 3 aromatic rings. The number of ether oxygens (including phenoxy) is 1. The number of hydrogen-bond donors (Lipinski definition) is 3. The van der Waals surface area contributed by atoms with Crippen LogP contribution in [0.3, 0.4) is 0 Å². The summed E-state index contributed by atoms with van der Waals surface area (Å²) in [6.45, 7) is 0.476. The van der Waals surface area contributed by atoms with Crippen molar-refractivity contribution < 1.29 is 28.6 Å². The Hall–Kier alpha value is -4.34. The number of aliphatic carboxylic acids is 1. The first-order valence-corrected chi connectivity index (χ1v) is 11.9. The molecule has 0 aliphatic carbocycles. The van der Waals surface area contributed by atoms with Gasteiger partial charge >= 0.3 is 17.7 Å². The first kappa shape index (κ1) is 27.3. The first-order chi connectivity index (χ1) is 17.7. The normalized spacial score (nSPS) is 11.5. The van der Waals surface area contributed by atoms with Crippen LogP contribution < -0.4 is 21.2 Å². The summed E-state index contributed by atoms with van der Waals surface area (Å²) in [7, 11) is 3.72. The van der Waals surface area contributed by atoms with E-state index in [4.69, 9.17) is 9.15 Å². The Labute approximate surface area is 214 Å². The minimum absolute atomic E-state index is 0.162. The molecule has 0 unspecified atom stereocenters. The number of carbonyl (C=O) groups excluding carboxylic acids is 2. The van der Waals surface area contributed by atoms with Gasteiger partial charge in [-0.05, 0) is 42.5 Å². The van der Waals surface area contributed by atoms with Crippen LogP contribution >= 0.6 is 0 Å². The van der Waals surface area contributed by atoms with Crippen molar-refractivity contribution in [2.24, 2.45) is 0 Å². The lowest BCUT2D eigenvalue weighted by Crippen LogP contribution is -2.41. The number of nitrogens with zero attached hydrogens (tertiary/aromatic N) is 1. The van der Waals surface area contributed by atoms with Gasteiger partial charge in [-0.1, -0.05) is 30.3 Å². The number of carbonyl (C=O) groups is 3. The monoisotopic (exact) mass is 509 g/mol. The summed E-state index contributed by atoms with van der Waals surface area (Å²) < 4.78 is 10.4. The van der Waals surface area contributed by atoms with E-state index in [0.717, 1.165) is 11.3 Å². The molecule has 37 heavy (non-hydrogen) atoms. The first-order valence-electron chi connectivity index (χ1n) is 11.9. The molecule has 3 N–H and O–H groups in total.